The summed E-state index contributed by atoms with van der Waals surface area (Å²) in [5, 5.41) is 6.58. The van der Waals surface area contributed by atoms with Gasteiger partial charge in [0.2, 0.25) is 17.2 Å². The Labute approximate surface area is 112 Å². The van der Waals surface area contributed by atoms with Crippen molar-refractivity contribution >= 4 is 23.5 Å². The summed E-state index contributed by atoms with van der Waals surface area (Å²) in [6.07, 6.45) is 2.32. The lowest BCUT2D eigenvalue weighted by atomic mass is 10.1. The van der Waals surface area contributed by atoms with Gasteiger partial charge in [0.25, 0.3) is 0 Å². The van der Waals surface area contributed by atoms with E-state index < -0.39 is 0 Å². The van der Waals surface area contributed by atoms with Gasteiger partial charge >= 0.3 is 0 Å². The van der Waals surface area contributed by atoms with Gasteiger partial charge in [0.05, 0.1) is 0 Å². The van der Waals surface area contributed by atoms with Crippen molar-refractivity contribution in [3.8, 4) is 0 Å². The fraction of sp³-hybridized carbons (Fsp3) is 0.727. The van der Waals surface area contributed by atoms with Crippen LogP contribution in [0.2, 0.25) is 5.28 Å². The van der Waals surface area contributed by atoms with Crippen molar-refractivity contribution < 1.29 is 0 Å². The first kappa shape index (κ1) is 13.3. The van der Waals surface area contributed by atoms with Crippen LogP contribution in [-0.2, 0) is 0 Å². The zero-order chi connectivity index (χ0) is 13.0. The molecule has 0 aliphatic carbocycles. The second-order valence-corrected chi connectivity index (χ2v) is 4.87. The van der Waals surface area contributed by atoms with Crippen LogP contribution in [0.5, 0.6) is 0 Å². The van der Waals surface area contributed by atoms with Crippen LogP contribution in [0.15, 0.2) is 0 Å². The molecule has 1 aromatic heterocycles. The van der Waals surface area contributed by atoms with Crippen LogP contribution in [0, 0.1) is 0 Å². The Bertz CT molecular complexity index is 399. The molecule has 1 aliphatic heterocycles. The minimum atomic E-state index is 0.215. The van der Waals surface area contributed by atoms with E-state index in [4.69, 9.17) is 11.6 Å². The topological polar surface area (TPSA) is 66.0 Å². The van der Waals surface area contributed by atoms with E-state index in [0.29, 0.717) is 17.9 Å². The summed E-state index contributed by atoms with van der Waals surface area (Å²) in [6, 6.07) is 0.372. The first-order chi connectivity index (χ1) is 8.67. The second-order valence-electron chi connectivity index (χ2n) is 4.53. The van der Waals surface area contributed by atoms with Gasteiger partial charge in [-0.05, 0) is 45.0 Å². The molecule has 0 spiro atoms. The third-order valence-corrected chi connectivity index (χ3v) is 3.07. The Kier molecular flexibility index (Phi) is 4.54. The molecule has 0 saturated carbocycles. The van der Waals surface area contributed by atoms with Crippen LogP contribution in [0.25, 0.3) is 0 Å². The molecule has 0 radical (unpaired) electrons. The van der Waals surface area contributed by atoms with Crippen molar-refractivity contribution in [2.45, 2.75) is 25.8 Å². The van der Waals surface area contributed by atoms with Gasteiger partial charge in [0.1, 0.15) is 0 Å². The quantitative estimate of drug-likeness (QED) is 0.864. The molecular formula is C11H19ClN6. The van der Waals surface area contributed by atoms with E-state index in [1.807, 2.05) is 6.92 Å². The highest BCUT2D eigenvalue weighted by molar-refractivity contribution is 6.28. The number of halogens is 1. The van der Waals surface area contributed by atoms with Gasteiger partial charge < -0.3 is 15.5 Å². The molecular weight excluding hydrogens is 252 g/mol. The van der Waals surface area contributed by atoms with Crippen LogP contribution in [-0.4, -0.2) is 52.6 Å². The van der Waals surface area contributed by atoms with E-state index in [1.54, 1.807) is 0 Å². The first-order valence-electron chi connectivity index (χ1n) is 6.28. The van der Waals surface area contributed by atoms with E-state index in [-0.39, 0.29) is 5.28 Å². The number of likely N-dealkylation sites (N-methyl/N-ethyl adjacent to an activating group) is 1. The summed E-state index contributed by atoms with van der Waals surface area (Å²) in [5.74, 6) is 1.07. The number of nitrogens with one attached hydrogen (secondary N) is 2. The summed E-state index contributed by atoms with van der Waals surface area (Å²) in [7, 11) is 2.12. The molecule has 2 rings (SSSR count). The van der Waals surface area contributed by atoms with Gasteiger partial charge in [0.15, 0.2) is 0 Å². The third-order valence-electron chi connectivity index (χ3n) is 2.90. The average molecular weight is 271 g/mol. The van der Waals surface area contributed by atoms with E-state index in [2.05, 4.69) is 37.5 Å². The fourth-order valence-electron chi connectivity index (χ4n) is 2.12. The number of hydrogen-bond donors (Lipinski definition) is 2. The lowest BCUT2D eigenvalue weighted by molar-refractivity contribution is 0.260. The SMILES string of the molecule is CCNc1nc(Cl)nc(NC2CCCN(C)C2)n1. The zero-order valence-corrected chi connectivity index (χ0v) is 11.5. The molecule has 0 amide bonds. The normalized spacial score (nSPS) is 20.7. The van der Waals surface area contributed by atoms with E-state index in [0.717, 1.165) is 26.1 Å². The molecule has 100 valence electrons. The zero-order valence-electron chi connectivity index (χ0n) is 10.8. The molecule has 2 heterocycles. The minimum Gasteiger partial charge on any atom is -0.354 e. The molecule has 1 unspecified atom stereocenters. The Morgan fingerprint density at radius 3 is 2.83 bits per heavy atom. The van der Waals surface area contributed by atoms with E-state index in [1.165, 1.54) is 6.42 Å². The van der Waals surface area contributed by atoms with Gasteiger partial charge in [-0.25, -0.2) is 0 Å². The number of anilines is 2. The van der Waals surface area contributed by atoms with Crippen molar-refractivity contribution in [2.24, 2.45) is 0 Å². The summed E-state index contributed by atoms with van der Waals surface area (Å²) in [6.45, 7) is 4.89. The first-order valence-corrected chi connectivity index (χ1v) is 6.65. The predicted octanol–water partition coefficient (Wildman–Crippen LogP) is 1.46. The molecule has 1 aliphatic rings. The maximum atomic E-state index is 5.88. The molecule has 1 saturated heterocycles. The Morgan fingerprint density at radius 2 is 2.11 bits per heavy atom. The van der Waals surface area contributed by atoms with E-state index in [9.17, 15) is 0 Å². The molecule has 18 heavy (non-hydrogen) atoms. The lowest BCUT2D eigenvalue weighted by Crippen LogP contribution is -2.40. The molecule has 1 atom stereocenters. The van der Waals surface area contributed by atoms with Crippen LogP contribution in [0.1, 0.15) is 19.8 Å². The highest BCUT2D eigenvalue weighted by atomic mass is 35.5. The number of hydrogen-bond acceptors (Lipinski definition) is 6. The molecule has 0 bridgehead atoms. The average Bonchev–Trinajstić information content (AvgIpc) is 2.28. The molecule has 6 nitrogen and oxygen atoms in total. The molecule has 7 heteroatoms. The Hall–Kier alpha value is -1.14. The number of aromatic nitrogens is 3. The van der Waals surface area contributed by atoms with Crippen molar-refractivity contribution in [2.75, 3.05) is 37.3 Å². The van der Waals surface area contributed by atoms with Gasteiger partial charge in [-0.1, -0.05) is 0 Å². The van der Waals surface area contributed by atoms with Crippen molar-refractivity contribution in [1.29, 1.82) is 0 Å². The largest absolute Gasteiger partial charge is 0.354 e. The third kappa shape index (κ3) is 3.68. The summed E-state index contributed by atoms with van der Waals surface area (Å²) in [5.41, 5.74) is 0. The van der Waals surface area contributed by atoms with E-state index >= 15 is 0 Å². The maximum absolute atomic E-state index is 5.88. The van der Waals surface area contributed by atoms with Gasteiger partial charge in [-0.15, -0.1) is 0 Å². The molecule has 1 aromatic rings. The minimum absolute atomic E-state index is 0.215. The van der Waals surface area contributed by atoms with Crippen molar-refractivity contribution in [3.05, 3.63) is 5.28 Å². The van der Waals surface area contributed by atoms with Gasteiger partial charge in [-0.2, -0.15) is 15.0 Å². The van der Waals surface area contributed by atoms with Crippen LogP contribution in [0.3, 0.4) is 0 Å². The predicted molar refractivity (Wildman–Crippen MR) is 73.1 cm³/mol. The molecule has 0 aromatic carbocycles. The summed E-state index contributed by atoms with van der Waals surface area (Å²) >= 11 is 5.88. The second kappa shape index (κ2) is 6.15. The van der Waals surface area contributed by atoms with Crippen LogP contribution >= 0.6 is 11.6 Å². The van der Waals surface area contributed by atoms with Gasteiger partial charge in [0, 0.05) is 19.1 Å². The van der Waals surface area contributed by atoms with Crippen LogP contribution in [0.4, 0.5) is 11.9 Å². The Morgan fingerprint density at radius 1 is 1.33 bits per heavy atom. The highest BCUT2D eigenvalue weighted by Crippen LogP contribution is 2.14. The number of nitrogens with zero attached hydrogens (tertiary/aromatic N) is 4. The molecule has 2 N–H and O–H groups in total. The smallest absolute Gasteiger partial charge is 0.229 e. The van der Waals surface area contributed by atoms with Crippen molar-refractivity contribution in [3.63, 3.8) is 0 Å². The standard InChI is InChI=1S/C11H19ClN6/c1-3-13-10-15-9(12)16-11(17-10)14-8-5-4-6-18(2)7-8/h8H,3-7H2,1-2H3,(H2,13,14,15,16,17). The number of rotatable bonds is 4. The van der Waals surface area contributed by atoms with Crippen molar-refractivity contribution in [1.82, 2.24) is 19.9 Å². The fourth-order valence-corrected chi connectivity index (χ4v) is 2.28. The highest BCUT2D eigenvalue weighted by Gasteiger charge is 2.18. The number of piperidine rings is 1. The molecule has 1 fully saturated rings. The summed E-state index contributed by atoms with van der Waals surface area (Å²) < 4.78 is 0. The van der Waals surface area contributed by atoms with Crippen LogP contribution < -0.4 is 10.6 Å². The number of likely N-dealkylation sites (tertiary alicyclic amines) is 1. The Balaban J connectivity index is 2.03. The van der Waals surface area contributed by atoms with Gasteiger partial charge in [-0.3, -0.25) is 0 Å². The lowest BCUT2D eigenvalue weighted by Gasteiger charge is -2.30. The summed E-state index contributed by atoms with van der Waals surface area (Å²) in [4.78, 5) is 14.7. The maximum Gasteiger partial charge on any atom is 0.229 e. The monoisotopic (exact) mass is 270 g/mol.